The second-order valence-electron chi connectivity index (χ2n) is 3.24. The van der Waals surface area contributed by atoms with Crippen molar-refractivity contribution in [3.63, 3.8) is 0 Å². The molecule has 13 heavy (non-hydrogen) atoms. The van der Waals surface area contributed by atoms with E-state index < -0.39 is 0 Å². The summed E-state index contributed by atoms with van der Waals surface area (Å²) in [7, 11) is 1.74. The van der Waals surface area contributed by atoms with Crippen molar-refractivity contribution in [1.29, 1.82) is 0 Å². The van der Waals surface area contributed by atoms with E-state index in [2.05, 4.69) is 6.92 Å². The first-order chi connectivity index (χ1) is 6.38. The van der Waals surface area contributed by atoms with E-state index in [1.165, 1.54) is 19.3 Å². The van der Waals surface area contributed by atoms with Gasteiger partial charge in [-0.15, -0.1) is 0 Å². The third-order valence-electron chi connectivity index (χ3n) is 2.21. The van der Waals surface area contributed by atoms with Gasteiger partial charge in [-0.3, -0.25) is 0 Å². The molecule has 0 saturated carbocycles. The number of rotatable bonds is 6. The SMILES string of the molecule is CCCCCC(OC)c1ccco1. The average molecular weight is 182 g/mol. The van der Waals surface area contributed by atoms with E-state index in [9.17, 15) is 0 Å². The van der Waals surface area contributed by atoms with Crippen molar-refractivity contribution >= 4 is 0 Å². The Morgan fingerprint density at radius 2 is 2.31 bits per heavy atom. The highest BCUT2D eigenvalue weighted by Gasteiger charge is 2.11. The Bertz CT molecular complexity index is 204. The summed E-state index contributed by atoms with van der Waals surface area (Å²) in [6.45, 7) is 2.20. The van der Waals surface area contributed by atoms with Crippen LogP contribution in [0.25, 0.3) is 0 Å². The fourth-order valence-corrected chi connectivity index (χ4v) is 1.43. The van der Waals surface area contributed by atoms with Gasteiger partial charge in [0.2, 0.25) is 0 Å². The lowest BCUT2D eigenvalue weighted by atomic mass is 10.1. The van der Waals surface area contributed by atoms with Crippen LogP contribution in [0.5, 0.6) is 0 Å². The maximum atomic E-state index is 5.35. The highest BCUT2D eigenvalue weighted by Crippen LogP contribution is 2.23. The molecule has 0 aliphatic carbocycles. The second kappa shape index (κ2) is 5.81. The highest BCUT2D eigenvalue weighted by molar-refractivity contribution is 5.01. The van der Waals surface area contributed by atoms with Crippen LogP contribution in [0.4, 0.5) is 0 Å². The van der Waals surface area contributed by atoms with Gasteiger partial charge in [-0.25, -0.2) is 0 Å². The molecule has 1 aromatic rings. The predicted octanol–water partition coefficient (Wildman–Crippen LogP) is 3.55. The fraction of sp³-hybridized carbons (Fsp3) is 0.636. The van der Waals surface area contributed by atoms with Gasteiger partial charge in [0.05, 0.1) is 6.26 Å². The number of ether oxygens (including phenoxy) is 1. The van der Waals surface area contributed by atoms with Gasteiger partial charge in [-0.05, 0) is 18.6 Å². The molecular formula is C11H18O2. The van der Waals surface area contributed by atoms with Crippen LogP contribution in [0, 0.1) is 0 Å². The van der Waals surface area contributed by atoms with Gasteiger partial charge in [0.15, 0.2) is 0 Å². The zero-order valence-electron chi connectivity index (χ0n) is 8.45. The van der Waals surface area contributed by atoms with Crippen molar-refractivity contribution < 1.29 is 9.15 Å². The maximum Gasteiger partial charge on any atom is 0.132 e. The maximum absolute atomic E-state index is 5.35. The van der Waals surface area contributed by atoms with Crippen LogP contribution in [0.2, 0.25) is 0 Å². The van der Waals surface area contributed by atoms with Crippen molar-refractivity contribution in [2.24, 2.45) is 0 Å². The van der Waals surface area contributed by atoms with E-state index in [4.69, 9.17) is 9.15 Å². The standard InChI is InChI=1S/C11H18O2/c1-3-4-5-7-10(12-2)11-8-6-9-13-11/h6,8-10H,3-5,7H2,1-2H3. The van der Waals surface area contributed by atoms with Gasteiger partial charge < -0.3 is 9.15 Å². The fourth-order valence-electron chi connectivity index (χ4n) is 1.43. The Labute approximate surface area is 79.9 Å². The first-order valence-electron chi connectivity index (χ1n) is 4.94. The molecular weight excluding hydrogens is 164 g/mol. The zero-order valence-corrected chi connectivity index (χ0v) is 8.45. The number of unbranched alkanes of at least 4 members (excludes halogenated alkanes) is 2. The molecule has 0 saturated heterocycles. The molecule has 0 bridgehead atoms. The van der Waals surface area contributed by atoms with Gasteiger partial charge in [-0.2, -0.15) is 0 Å². The Kier molecular flexibility index (Phi) is 4.61. The van der Waals surface area contributed by atoms with Crippen LogP contribution >= 0.6 is 0 Å². The summed E-state index contributed by atoms with van der Waals surface area (Å²) >= 11 is 0. The summed E-state index contributed by atoms with van der Waals surface area (Å²) in [5.41, 5.74) is 0. The van der Waals surface area contributed by atoms with Crippen LogP contribution in [-0.4, -0.2) is 7.11 Å². The summed E-state index contributed by atoms with van der Waals surface area (Å²) in [5, 5.41) is 0. The van der Waals surface area contributed by atoms with Gasteiger partial charge >= 0.3 is 0 Å². The smallest absolute Gasteiger partial charge is 0.132 e. The molecule has 1 aromatic heterocycles. The molecule has 2 heteroatoms. The highest BCUT2D eigenvalue weighted by atomic mass is 16.5. The van der Waals surface area contributed by atoms with E-state index in [-0.39, 0.29) is 6.10 Å². The molecule has 0 aliphatic rings. The van der Waals surface area contributed by atoms with E-state index in [1.54, 1.807) is 13.4 Å². The van der Waals surface area contributed by atoms with Crippen LogP contribution in [0.3, 0.4) is 0 Å². The molecule has 0 radical (unpaired) electrons. The number of hydrogen-bond acceptors (Lipinski definition) is 2. The van der Waals surface area contributed by atoms with Crippen LogP contribution < -0.4 is 0 Å². The van der Waals surface area contributed by atoms with Crippen LogP contribution in [-0.2, 0) is 4.74 Å². The lowest BCUT2D eigenvalue weighted by molar-refractivity contribution is 0.0744. The van der Waals surface area contributed by atoms with Crippen LogP contribution in [0.15, 0.2) is 22.8 Å². The summed E-state index contributed by atoms with van der Waals surface area (Å²) in [5.74, 6) is 0.943. The first-order valence-corrected chi connectivity index (χ1v) is 4.94. The lowest BCUT2D eigenvalue weighted by Gasteiger charge is -2.11. The topological polar surface area (TPSA) is 22.4 Å². The summed E-state index contributed by atoms with van der Waals surface area (Å²) in [6, 6.07) is 3.88. The third-order valence-corrected chi connectivity index (χ3v) is 2.21. The first kappa shape index (κ1) is 10.3. The number of methoxy groups -OCH3 is 1. The normalized spacial score (nSPS) is 13.1. The minimum absolute atomic E-state index is 0.140. The Hall–Kier alpha value is -0.760. The lowest BCUT2D eigenvalue weighted by Crippen LogP contribution is -1.99. The molecule has 0 aliphatic heterocycles. The second-order valence-corrected chi connectivity index (χ2v) is 3.24. The molecule has 74 valence electrons. The predicted molar refractivity (Wildman–Crippen MR) is 52.6 cm³/mol. The van der Waals surface area contributed by atoms with Crippen molar-refractivity contribution in [1.82, 2.24) is 0 Å². The minimum Gasteiger partial charge on any atom is -0.467 e. The zero-order chi connectivity index (χ0) is 9.52. The van der Waals surface area contributed by atoms with Crippen molar-refractivity contribution in [3.8, 4) is 0 Å². The van der Waals surface area contributed by atoms with E-state index in [0.717, 1.165) is 12.2 Å². The van der Waals surface area contributed by atoms with Crippen molar-refractivity contribution in [2.75, 3.05) is 7.11 Å². The largest absolute Gasteiger partial charge is 0.467 e. The molecule has 0 aromatic carbocycles. The van der Waals surface area contributed by atoms with E-state index in [1.807, 2.05) is 12.1 Å². The molecule has 0 N–H and O–H groups in total. The number of furan rings is 1. The molecule has 2 nitrogen and oxygen atoms in total. The van der Waals surface area contributed by atoms with Gasteiger partial charge in [0, 0.05) is 7.11 Å². The quantitative estimate of drug-likeness (QED) is 0.628. The molecule has 0 amide bonds. The van der Waals surface area contributed by atoms with Gasteiger partial charge in [0.1, 0.15) is 11.9 Å². The van der Waals surface area contributed by atoms with E-state index >= 15 is 0 Å². The van der Waals surface area contributed by atoms with Crippen LogP contribution in [0.1, 0.15) is 44.5 Å². The Balaban J connectivity index is 2.35. The molecule has 1 atom stereocenters. The van der Waals surface area contributed by atoms with Gasteiger partial charge in [0.25, 0.3) is 0 Å². The molecule has 1 rings (SSSR count). The monoisotopic (exact) mass is 182 g/mol. The molecule has 1 heterocycles. The minimum atomic E-state index is 0.140. The summed E-state index contributed by atoms with van der Waals surface area (Å²) < 4.78 is 10.6. The third kappa shape index (κ3) is 3.23. The average Bonchev–Trinajstić information content (AvgIpc) is 2.65. The molecule has 0 fully saturated rings. The summed E-state index contributed by atoms with van der Waals surface area (Å²) in [4.78, 5) is 0. The Morgan fingerprint density at radius 1 is 1.46 bits per heavy atom. The summed E-state index contributed by atoms with van der Waals surface area (Å²) in [6.07, 6.45) is 6.60. The Morgan fingerprint density at radius 3 is 2.85 bits per heavy atom. The van der Waals surface area contributed by atoms with Crippen molar-refractivity contribution in [2.45, 2.75) is 38.7 Å². The number of hydrogen-bond donors (Lipinski definition) is 0. The van der Waals surface area contributed by atoms with Crippen molar-refractivity contribution in [3.05, 3.63) is 24.2 Å². The molecule has 0 spiro atoms. The molecule has 1 unspecified atom stereocenters. The van der Waals surface area contributed by atoms with E-state index in [0.29, 0.717) is 0 Å². The van der Waals surface area contributed by atoms with Gasteiger partial charge in [-0.1, -0.05) is 26.2 Å².